The Morgan fingerprint density at radius 1 is 0.878 bits per heavy atom. The number of fused-ring (bicyclic) bond motifs is 1. The maximum absolute atomic E-state index is 13.1. The molecule has 6 rings (SSSR count). The van der Waals surface area contributed by atoms with Crippen LogP contribution < -0.4 is 20.4 Å². The number of hydrogen-bond donors (Lipinski definition) is 1. The Morgan fingerprint density at radius 3 is 2.41 bits per heavy atom. The quantitative estimate of drug-likeness (QED) is 0.422. The summed E-state index contributed by atoms with van der Waals surface area (Å²) in [5.41, 5.74) is 2.73. The molecular formula is C31H38N4O6. The van der Waals surface area contributed by atoms with Gasteiger partial charge in [-0.3, -0.25) is 19.4 Å². The lowest BCUT2D eigenvalue weighted by Gasteiger charge is -2.27. The minimum Gasteiger partial charge on any atom is -0.490 e. The van der Waals surface area contributed by atoms with Crippen LogP contribution >= 0.6 is 0 Å². The predicted molar refractivity (Wildman–Crippen MR) is 158 cm³/mol. The number of likely N-dealkylation sites (tertiary alicyclic amines) is 1. The predicted octanol–water partition coefficient (Wildman–Crippen LogP) is 3.04. The molecule has 3 aliphatic rings. The van der Waals surface area contributed by atoms with Crippen molar-refractivity contribution in [2.45, 2.75) is 12.8 Å². The summed E-state index contributed by atoms with van der Waals surface area (Å²) in [6.07, 6.45) is 2.44. The lowest BCUT2D eigenvalue weighted by molar-refractivity contribution is -0.118. The highest BCUT2D eigenvalue weighted by molar-refractivity contribution is 5.96. The molecule has 218 valence electrons. The lowest BCUT2D eigenvalue weighted by Crippen LogP contribution is -2.41. The van der Waals surface area contributed by atoms with E-state index in [1.807, 2.05) is 35.2 Å². The number of carbonyl (C=O) groups excluding carboxylic acids is 1. The second-order valence-corrected chi connectivity index (χ2v) is 10.8. The van der Waals surface area contributed by atoms with Crippen molar-refractivity contribution >= 4 is 28.4 Å². The van der Waals surface area contributed by atoms with E-state index in [1.165, 1.54) is 12.8 Å². The SMILES string of the molecule is O=C(CN1CCOCC1)Nc1ccc(-c2cccc3c(=O)cc(N4CCOCC4)oc23)cc1OCCN1CCCC1. The summed E-state index contributed by atoms with van der Waals surface area (Å²) >= 11 is 0. The minimum atomic E-state index is -0.0876. The zero-order chi connectivity index (χ0) is 28.0. The molecule has 3 aliphatic heterocycles. The smallest absolute Gasteiger partial charge is 0.238 e. The van der Waals surface area contributed by atoms with E-state index in [1.54, 1.807) is 12.1 Å². The van der Waals surface area contributed by atoms with Crippen molar-refractivity contribution in [3.63, 3.8) is 0 Å². The van der Waals surface area contributed by atoms with E-state index in [4.69, 9.17) is 18.6 Å². The molecule has 0 spiro atoms. The fourth-order valence-electron chi connectivity index (χ4n) is 5.69. The van der Waals surface area contributed by atoms with E-state index >= 15 is 0 Å². The highest BCUT2D eigenvalue weighted by Gasteiger charge is 2.20. The normalized spacial score (nSPS) is 18.6. The molecule has 1 aromatic heterocycles. The largest absolute Gasteiger partial charge is 0.490 e. The first-order chi connectivity index (χ1) is 20.1. The molecule has 1 N–H and O–H groups in total. The molecular weight excluding hydrogens is 524 g/mol. The Bertz CT molecular complexity index is 1410. The van der Waals surface area contributed by atoms with Crippen LogP contribution in [0.15, 0.2) is 51.7 Å². The average Bonchev–Trinajstić information content (AvgIpc) is 3.52. The number of benzene rings is 2. The van der Waals surface area contributed by atoms with Crippen LogP contribution in [0.2, 0.25) is 0 Å². The Kier molecular flexibility index (Phi) is 8.81. The molecule has 0 radical (unpaired) electrons. The summed E-state index contributed by atoms with van der Waals surface area (Å²) in [6, 6.07) is 12.9. The van der Waals surface area contributed by atoms with Gasteiger partial charge in [-0.1, -0.05) is 18.2 Å². The fourth-order valence-corrected chi connectivity index (χ4v) is 5.69. The molecule has 3 fully saturated rings. The van der Waals surface area contributed by atoms with Gasteiger partial charge in [-0.15, -0.1) is 0 Å². The molecule has 0 atom stereocenters. The summed E-state index contributed by atoms with van der Waals surface area (Å²) in [4.78, 5) is 32.6. The van der Waals surface area contributed by atoms with Crippen molar-refractivity contribution in [3.8, 4) is 16.9 Å². The number of nitrogens with zero attached hydrogens (tertiary/aromatic N) is 3. The summed E-state index contributed by atoms with van der Waals surface area (Å²) in [6.45, 7) is 9.13. The van der Waals surface area contributed by atoms with Crippen LogP contribution in [-0.2, 0) is 14.3 Å². The van der Waals surface area contributed by atoms with Crippen LogP contribution in [0.25, 0.3) is 22.1 Å². The molecule has 1 amide bonds. The van der Waals surface area contributed by atoms with Crippen LogP contribution in [0.4, 0.5) is 11.6 Å². The number of amides is 1. The highest BCUT2D eigenvalue weighted by atomic mass is 16.5. The number of carbonyl (C=O) groups is 1. The fraction of sp³-hybridized carbons (Fsp3) is 0.484. The molecule has 10 heteroatoms. The molecule has 2 aromatic carbocycles. The van der Waals surface area contributed by atoms with Crippen LogP contribution in [0, 0.1) is 0 Å². The zero-order valence-corrected chi connectivity index (χ0v) is 23.4. The third-order valence-electron chi connectivity index (χ3n) is 7.97. The second-order valence-electron chi connectivity index (χ2n) is 10.8. The number of rotatable bonds is 9. The van der Waals surface area contributed by atoms with Crippen LogP contribution in [-0.4, -0.2) is 101 Å². The van der Waals surface area contributed by atoms with Gasteiger partial charge in [0.2, 0.25) is 5.91 Å². The Morgan fingerprint density at radius 2 is 1.63 bits per heavy atom. The van der Waals surface area contributed by atoms with Gasteiger partial charge < -0.3 is 28.8 Å². The summed E-state index contributed by atoms with van der Waals surface area (Å²) in [5, 5.41) is 3.59. The van der Waals surface area contributed by atoms with Crippen LogP contribution in [0.1, 0.15) is 12.8 Å². The first-order valence-electron chi connectivity index (χ1n) is 14.6. The van der Waals surface area contributed by atoms with Gasteiger partial charge in [-0.05, 0) is 49.7 Å². The van der Waals surface area contributed by atoms with Gasteiger partial charge in [0.15, 0.2) is 11.3 Å². The summed E-state index contributed by atoms with van der Waals surface area (Å²) in [5.74, 6) is 1.06. The Hall–Kier alpha value is -3.44. The van der Waals surface area contributed by atoms with Gasteiger partial charge in [0.25, 0.3) is 0 Å². The summed E-state index contributed by atoms with van der Waals surface area (Å²) < 4.78 is 23.6. The molecule has 3 aromatic rings. The van der Waals surface area contributed by atoms with Crippen molar-refractivity contribution in [1.82, 2.24) is 9.80 Å². The maximum atomic E-state index is 13.1. The van der Waals surface area contributed by atoms with Gasteiger partial charge >= 0.3 is 0 Å². The molecule has 4 heterocycles. The van der Waals surface area contributed by atoms with E-state index < -0.39 is 0 Å². The highest BCUT2D eigenvalue weighted by Crippen LogP contribution is 2.35. The van der Waals surface area contributed by atoms with E-state index in [0.29, 0.717) is 81.0 Å². The molecule has 41 heavy (non-hydrogen) atoms. The third kappa shape index (κ3) is 6.73. The van der Waals surface area contributed by atoms with Gasteiger partial charge in [-0.25, -0.2) is 0 Å². The number of morpholine rings is 2. The van der Waals surface area contributed by atoms with Gasteiger partial charge in [0, 0.05) is 44.4 Å². The Balaban J connectivity index is 1.29. The van der Waals surface area contributed by atoms with Gasteiger partial charge in [0.05, 0.1) is 44.0 Å². The standard InChI is InChI=1S/C31H38N4O6/c36-27-21-30(35-13-17-39-18-14-35)41-31-24(4-3-5-25(27)31)23-6-7-26(32-29(37)22-34-10-15-38-16-11-34)28(20-23)40-19-12-33-8-1-2-9-33/h3-7,20-21H,1-2,8-19,22H2,(H,32,37). The number of nitrogens with one attached hydrogen (secondary N) is 1. The summed E-state index contributed by atoms with van der Waals surface area (Å²) in [7, 11) is 0. The van der Waals surface area contributed by atoms with E-state index in [0.717, 1.165) is 43.9 Å². The van der Waals surface area contributed by atoms with Crippen LogP contribution in [0.3, 0.4) is 0 Å². The number of ether oxygens (including phenoxy) is 3. The number of hydrogen-bond acceptors (Lipinski definition) is 9. The van der Waals surface area contributed by atoms with Crippen molar-refractivity contribution in [2.75, 3.05) is 95.6 Å². The van der Waals surface area contributed by atoms with Gasteiger partial charge in [-0.2, -0.15) is 0 Å². The topological polar surface area (TPSA) is 96.7 Å². The first kappa shape index (κ1) is 27.7. The molecule has 0 unspecified atom stereocenters. The minimum absolute atomic E-state index is 0.0799. The van der Waals surface area contributed by atoms with Crippen molar-refractivity contribution in [2.24, 2.45) is 0 Å². The second kappa shape index (κ2) is 13.0. The zero-order valence-electron chi connectivity index (χ0n) is 23.4. The monoisotopic (exact) mass is 562 g/mol. The first-order valence-corrected chi connectivity index (χ1v) is 14.6. The average molecular weight is 563 g/mol. The Labute approximate surface area is 239 Å². The van der Waals surface area contributed by atoms with E-state index in [-0.39, 0.29) is 11.3 Å². The number of para-hydroxylation sites is 1. The van der Waals surface area contributed by atoms with E-state index in [9.17, 15) is 9.59 Å². The number of anilines is 2. The third-order valence-corrected chi connectivity index (χ3v) is 7.97. The van der Waals surface area contributed by atoms with Crippen molar-refractivity contribution < 1.29 is 23.4 Å². The molecule has 3 saturated heterocycles. The van der Waals surface area contributed by atoms with Crippen molar-refractivity contribution in [1.29, 1.82) is 0 Å². The van der Waals surface area contributed by atoms with Crippen molar-refractivity contribution in [3.05, 3.63) is 52.7 Å². The van der Waals surface area contributed by atoms with E-state index in [2.05, 4.69) is 15.1 Å². The van der Waals surface area contributed by atoms with Gasteiger partial charge in [0.1, 0.15) is 17.9 Å². The molecule has 0 saturated carbocycles. The van der Waals surface area contributed by atoms with Crippen LogP contribution in [0.5, 0.6) is 5.75 Å². The maximum Gasteiger partial charge on any atom is 0.238 e. The molecule has 10 nitrogen and oxygen atoms in total. The molecule has 0 aliphatic carbocycles. The lowest BCUT2D eigenvalue weighted by atomic mass is 10.0. The molecule has 0 bridgehead atoms.